The Bertz CT molecular complexity index is 612. The molecule has 3 nitrogen and oxygen atoms in total. The molecule has 0 fully saturated rings. The molecule has 0 heterocycles. The molecule has 0 radical (unpaired) electrons. The van der Waals surface area contributed by atoms with Gasteiger partial charge in [-0.3, -0.25) is 4.79 Å². The van der Waals surface area contributed by atoms with Gasteiger partial charge in [0.15, 0.2) is 0 Å². The lowest BCUT2D eigenvalue weighted by molar-refractivity contribution is 0.102. The van der Waals surface area contributed by atoms with Crippen LogP contribution in [0.5, 0.6) is 0 Å². The van der Waals surface area contributed by atoms with E-state index in [1.165, 1.54) is 0 Å². The van der Waals surface area contributed by atoms with E-state index in [1.807, 2.05) is 24.3 Å². The van der Waals surface area contributed by atoms with E-state index in [0.717, 1.165) is 15.7 Å². The number of anilines is 1. The van der Waals surface area contributed by atoms with Gasteiger partial charge in [0, 0.05) is 15.7 Å². The van der Waals surface area contributed by atoms with Crippen molar-refractivity contribution in [1.29, 1.82) is 5.26 Å². The van der Waals surface area contributed by atoms with E-state index < -0.39 is 0 Å². The Morgan fingerprint density at radius 3 is 2.32 bits per heavy atom. The number of carbonyl (C=O) groups excluding carboxylic acids is 1. The van der Waals surface area contributed by atoms with Crippen molar-refractivity contribution >= 4 is 27.5 Å². The van der Waals surface area contributed by atoms with Crippen LogP contribution in [0, 0.1) is 11.3 Å². The number of hydrogen-bond donors (Lipinski definition) is 1. The molecule has 1 amide bonds. The molecule has 0 aromatic heterocycles. The summed E-state index contributed by atoms with van der Waals surface area (Å²) < 4.78 is 0.964. The molecule has 0 aliphatic heterocycles. The van der Waals surface area contributed by atoms with Crippen LogP contribution in [0.3, 0.4) is 0 Å². The van der Waals surface area contributed by atoms with E-state index in [4.69, 9.17) is 5.26 Å². The average molecular weight is 315 g/mol. The van der Waals surface area contributed by atoms with Gasteiger partial charge < -0.3 is 5.32 Å². The Labute approximate surface area is 120 Å². The molecule has 0 spiro atoms. The highest BCUT2D eigenvalue weighted by Crippen LogP contribution is 2.15. The first kappa shape index (κ1) is 13.3. The Kier molecular flexibility index (Phi) is 4.32. The van der Waals surface area contributed by atoms with Crippen molar-refractivity contribution in [2.45, 2.75) is 6.42 Å². The van der Waals surface area contributed by atoms with Gasteiger partial charge in [0.1, 0.15) is 0 Å². The zero-order valence-electron chi connectivity index (χ0n) is 10.1. The summed E-state index contributed by atoms with van der Waals surface area (Å²) in [6, 6.07) is 16.5. The van der Waals surface area contributed by atoms with E-state index in [0.29, 0.717) is 12.0 Å². The van der Waals surface area contributed by atoms with Crippen LogP contribution in [0.2, 0.25) is 0 Å². The maximum atomic E-state index is 12.0. The van der Waals surface area contributed by atoms with Crippen LogP contribution in [-0.2, 0) is 6.42 Å². The quantitative estimate of drug-likeness (QED) is 0.937. The average Bonchev–Trinajstić information content (AvgIpc) is 2.42. The molecule has 0 saturated heterocycles. The Morgan fingerprint density at radius 1 is 1.11 bits per heavy atom. The van der Waals surface area contributed by atoms with Gasteiger partial charge in [-0.25, -0.2) is 0 Å². The first-order chi connectivity index (χ1) is 9.19. The van der Waals surface area contributed by atoms with Crippen molar-refractivity contribution in [3.8, 4) is 6.07 Å². The minimum absolute atomic E-state index is 0.161. The van der Waals surface area contributed by atoms with Crippen molar-refractivity contribution < 1.29 is 4.79 Å². The van der Waals surface area contributed by atoms with E-state index in [-0.39, 0.29) is 5.91 Å². The SMILES string of the molecule is N#CCc1ccc(C(=O)Nc2ccc(Br)cc2)cc1. The molecule has 0 aliphatic carbocycles. The minimum atomic E-state index is -0.161. The van der Waals surface area contributed by atoms with E-state index >= 15 is 0 Å². The van der Waals surface area contributed by atoms with Gasteiger partial charge in [-0.1, -0.05) is 28.1 Å². The summed E-state index contributed by atoms with van der Waals surface area (Å²) in [7, 11) is 0. The maximum absolute atomic E-state index is 12.0. The zero-order valence-corrected chi connectivity index (χ0v) is 11.6. The molecule has 0 atom stereocenters. The fourth-order valence-electron chi connectivity index (χ4n) is 1.60. The summed E-state index contributed by atoms with van der Waals surface area (Å²) in [5, 5.41) is 11.4. The highest BCUT2D eigenvalue weighted by molar-refractivity contribution is 9.10. The molecular formula is C15H11BrN2O. The first-order valence-electron chi connectivity index (χ1n) is 5.72. The normalized spacial score (nSPS) is 9.68. The van der Waals surface area contributed by atoms with Gasteiger partial charge in [0.05, 0.1) is 12.5 Å². The molecule has 4 heteroatoms. The number of hydrogen-bond acceptors (Lipinski definition) is 2. The minimum Gasteiger partial charge on any atom is -0.322 e. The molecule has 19 heavy (non-hydrogen) atoms. The number of rotatable bonds is 3. The largest absolute Gasteiger partial charge is 0.322 e. The van der Waals surface area contributed by atoms with Gasteiger partial charge in [-0.15, -0.1) is 0 Å². The van der Waals surface area contributed by atoms with Crippen LogP contribution < -0.4 is 5.32 Å². The predicted octanol–water partition coefficient (Wildman–Crippen LogP) is 3.77. The number of nitrogens with one attached hydrogen (secondary N) is 1. The number of nitrogens with zero attached hydrogens (tertiary/aromatic N) is 1. The maximum Gasteiger partial charge on any atom is 0.255 e. The smallest absolute Gasteiger partial charge is 0.255 e. The Morgan fingerprint density at radius 2 is 1.74 bits per heavy atom. The van der Waals surface area contributed by atoms with Crippen LogP contribution in [0.4, 0.5) is 5.69 Å². The van der Waals surface area contributed by atoms with Gasteiger partial charge in [-0.05, 0) is 42.0 Å². The van der Waals surface area contributed by atoms with Gasteiger partial charge >= 0.3 is 0 Å². The Balaban J connectivity index is 2.07. The standard InChI is InChI=1S/C15H11BrN2O/c16-13-5-7-14(8-6-13)18-15(19)12-3-1-11(2-4-12)9-10-17/h1-8H,9H2,(H,18,19). The highest BCUT2D eigenvalue weighted by atomic mass is 79.9. The van der Waals surface area contributed by atoms with E-state index in [2.05, 4.69) is 27.3 Å². The number of benzene rings is 2. The molecule has 0 unspecified atom stereocenters. The third-order valence-corrected chi connectivity index (χ3v) is 3.13. The van der Waals surface area contributed by atoms with Crippen LogP contribution in [0.15, 0.2) is 53.0 Å². The molecule has 0 aliphatic rings. The van der Waals surface area contributed by atoms with Crippen molar-refractivity contribution in [2.24, 2.45) is 0 Å². The van der Waals surface area contributed by atoms with E-state index in [9.17, 15) is 4.79 Å². The fraction of sp³-hybridized carbons (Fsp3) is 0.0667. The number of halogens is 1. The predicted molar refractivity (Wildman–Crippen MR) is 77.9 cm³/mol. The molecule has 0 saturated carbocycles. The summed E-state index contributed by atoms with van der Waals surface area (Å²) in [5.74, 6) is -0.161. The fourth-order valence-corrected chi connectivity index (χ4v) is 1.87. The van der Waals surface area contributed by atoms with Crippen LogP contribution >= 0.6 is 15.9 Å². The van der Waals surface area contributed by atoms with Gasteiger partial charge in [-0.2, -0.15) is 5.26 Å². The second-order valence-corrected chi connectivity index (χ2v) is 4.91. The van der Waals surface area contributed by atoms with Gasteiger partial charge in [0.25, 0.3) is 5.91 Å². The van der Waals surface area contributed by atoms with Crippen LogP contribution in [0.1, 0.15) is 15.9 Å². The van der Waals surface area contributed by atoms with Crippen molar-refractivity contribution in [2.75, 3.05) is 5.32 Å². The summed E-state index contributed by atoms with van der Waals surface area (Å²) in [4.78, 5) is 12.0. The lowest BCUT2D eigenvalue weighted by Crippen LogP contribution is -2.11. The molecule has 94 valence electrons. The third kappa shape index (κ3) is 3.67. The number of amides is 1. The molecular weight excluding hydrogens is 304 g/mol. The Hall–Kier alpha value is -2.12. The monoisotopic (exact) mass is 314 g/mol. The van der Waals surface area contributed by atoms with Crippen molar-refractivity contribution in [1.82, 2.24) is 0 Å². The number of nitriles is 1. The summed E-state index contributed by atoms with van der Waals surface area (Å²) >= 11 is 3.34. The van der Waals surface area contributed by atoms with Gasteiger partial charge in [0.2, 0.25) is 0 Å². The van der Waals surface area contributed by atoms with Crippen LogP contribution in [0.25, 0.3) is 0 Å². The second-order valence-electron chi connectivity index (χ2n) is 3.99. The lowest BCUT2D eigenvalue weighted by atomic mass is 10.1. The molecule has 0 bridgehead atoms. The molecule has 2 aromatic carbocycles. The summed E-state index contributed by atoms with van der Waals surface area (Å²) in [6.45, 7) is 0. The number of carbonyl (C=O) groups is 1. The van der Waals surface area contributed by atoms with E-state index in [1.54, 1.807) is 24.3 Å². The van der Waals surface area contributed by atoms with Crippen molar-refractivity contribution in [3.05, 3.63) is 64.1 Å². The highest BCUT2D eigenvalue weighted by Gasteiger charge is 2.05. The lowest BCUT2D eigenvalue weighted by Gasteiger charge is -2.05. The van der Waals surface area contributed by atoms with Crippen LogP contribution in [-0.4, -0.2) is 5.91 Å². The first-order valence-corrected chi connectivity index (χ1v) is 6.51. The molecule has 2 aromatic rings. The second kappa shape index (κ2) is 6.17. The summed E-state index contributed by atoms with van der Waals surface area (Å²) in [5.41, 5.74) is 2.22. The molecule has 1 N–H and O–H groups in total. The van der Waals surface area contributed by atoms with Crippen molar-refractivity contribution in [3.63, 3.8) is 0 Å². The third-order valence-electron chi connectivity index (χ3n) is 2.60. The zero-order chi connectivity index (χ0) is 13.7. The summed E-state index contributed by atoms with van der Waals surface area (Å²) in [6.07, 6.45) is 0.356. The molecule has 2 rings (SSSR count). The topological polar surface area (TPSA) is 52.9 Å².